The standard InChI is InChI=1S/C10H12O3/c1-2-8(11)7-4-3-5-9-10(7)13-6-12-9/h3-5,8,11H,2,6H2,1H3. The van der Waals surface area contributed by atoms with E-state index >= 15 is 0 Å². The molecule has 1 heterocycles. The fourth-order valence-corrected chi connectivity index (χ4v) is 1.44. The summed E-state index contributed by atoms with van der Waals surface area (Å²) >= 11 is 0. The number of fused-ring (bicyclic) bond motifs is 1. The number of aliphatic hydroxyl groups excluding tert-OH is 1. The summed E-state index contributed by atoms with van der Waals surface area (Å²) in [6.07, 6.45) is 0.219. The first kappa shape index (κ1) is 8.38. The van der Waals surface area contributed by atoms with Crippen LogP contribution in [0, 0.1) is 0 Å². The minimum Gasteiger partial charge on any atom is -0.454 e. The maximum Gasteiger partial charge on any atom is 0.231 e. The third-order valence-electron chi connectivity index (χ3n) is 2.17. The zero-order valence-corrected chi connectivity index (χ0v) is 7.49. The van der Waals surface area contributed by atoms with Gasteiger partial charge in [-0.1, -0.05) is 19.1 Å². The van der Waals surface area contributed by atoms with Gasteiger partial charge < -0.3 is 14.6 Å². The summed E-state index contributed by atoms with van der Waals surface area (Å²) < 4.78 is 10.5. The van der Waals surface area contributed by atoms with Gasteiger partial charge in [0.15, 0.2) is 11.5 Å². The Morgan fingerprint density at radius 1 is 1.46 bits per heavy atom. The third kappa shape index (κ3) is 1.35. The van der Waals surface area contributed by atoms with Crippen molar-refractivity contribution in [2.75, 3.05) is 6.79 Å². The second-order valence-electron chi connectivity index (χ2n) is 3.01. The van der Waals surface area contributed by atoms with Gasteiger partial charge in [-0.2, -0.15) is 0 Å². The zero-order chi connectivity index (χ0) is 9.26. The molecule has 1 aliphatic rings. The summed E-state index contributed by atoms with van der Waals surface area (Å²) in [4.78, 5) is 0. The molecule has 1 aromatic carbocycles. The van der Waals surface area contributed by atoms with E-state index in [9.17, 15) is 5.11 Å². The van der Waals surface area contributed by atoms with E-state index in [0.717, 1.165) is 11.3 Å². The van der Waals surface area contributed by atoms with Crippen LogP contribution in [0.4, 0.5) is 0 Å². The fourth-order valence-electron chi connectivity index (χ4n) is 1.44. The van der Waals surface area contributed by atoms with Gasteiger partial charge in [-0.05, 0) is 12.5 Å². The monoisotopic (exact) mass is 180 g/mol. The van der Waals surface area contributed by atoms with E-state index in [4.69, 9.17) is 9.47 Å². The van der Waals surface area contributed by atoms with Crippen molar-refractivity contribution in [3.63, 3.8) is 0 Å². The average molecular weight is 180 g/mol. The van der Waals surface area contributed by atoms with Gasteiger partial charge in [0.25, 0.3) is 0 Å². The molecule has 1 unspecified atom stereocenters. The molecule has 0 fully saturated rings. The minimum absolute atomic E-state index is 0.253. The highest BCUT2D eigenvalue weighted by atomic mass is 16.7. The molecule has 70 valence electrons. The molecule has 0 bridgehead atoms. The largest absolute Gasteiger partial charge is 0.454 e. The molecule has 0 spiro atoms. The van der Waals surface area contributed by atoms with Crippen LogP contribution in [0.15, 0.2) is 18.2 Å². The van der Waals surface area contributed by atoms with Crippen LogP contribution in [0.2, 0.25) is 0 Å². The summed E-state index contributed by atoms with van der Waals surface area (Å²) in [5.41, 5.74) is 0.817. The number of benzene rings is 1. The molecule has 0 saturated heterocycles. The lowest BCUT2D eigenvalue weighted by atomic mass is 10.1. The lowest BCUT2D eigenvalue weighted by molar-refractivity contribution is 0.155. The van der Waals surface area contributed by atoms with Gasteiger partial charge in [-0.25, -0.2) is 0 Å². The average Bonchev–Trinajstić information content (AvgIpc) is 2.63. The SMILES string of the molecule is CCC(O)c1cccc2c1OCO2. The summed E-state index contributed by atoms with van der Waals surface area (Å²) in [5.74, 6) is 1.42. The van der Waals surface area contributed by atoms with Crippen LogP contribution in [-0.2, 0) is 0 Å². The maximum absolute atomic E-state index is 9.66. The zero-order valence-electron chi connectivity index (χ0n) is 7.49. The van der Waals surface area contributed by atoms with Crippen molar-refractivity contribution in [2.24, 2.45) is 0 Å². The van der Waals surface area contributed by atoms with Crippen LogP contribution in [-0.4, -0.2) is 11.9 Å². The topological polar surface area (TPSA) is 38.7 Å². The van der Waals surface area contributed by atoms with Gasteiger partial charge in [0.2, 0.25) is 6.79 Å². The molecule has 0 aromatic heterocycles. The molecule has 13 heavy (non-hydrogen) atoms. The summed E-state index contributed by atoms with van der Waals surface area (Å²) in [6.45, 7) is 2.18. The Bertz CT molecular complexity index is 309. The van der Waals surface area contributed by atoms with E-state index < -0.39 is 6.10 Å². The van der Waals surface area contributed by atoms with Gasteiger partial charge in [0, 0.05) is 5.56 Å². The first-order valence-corrected chi connectivity index (χ1v) is 4.39. The predicted octanol–water partition coefficient (Wildman–Crippen LogP) is 1.86. The Morgan fingerprint density at radius 2 is 2.31 bits per heavy atom. The molecule has 1 N–H and O–H groups in total. The van der Waals surface area contributed by atoms with E-state index in [-0.39, 0.29) is 6.79 Å². The number of rotatable bonds is 2. The summed E-state index contributed by atoms with van der Waals surface area (Å²) in [5, 5.41) is 9.66. The van der Waals surface area contributed by atoms with Gasteiger partial charge in [0.1, 0.15) is 0 Å². The van der Waals surface area contributed by atoms with E-state index in [1.165, 1.54) is 0 Å². The highest BCUT2D eigenvalue weighted by molar-refractivity contribution is 5.48. The van der Waals surface area contributed by atoms with Crippen LogP contribution in [0.25, 0.3) is 0 Å². The van der Waals surface area contributed by atoms with E-state index in [1.54, 1.807) is 0 Å². The number of hydrogen-bond acceptors (Lipinski definition) is 3. The van der Waals surface area contributed by atoms with Gasteiger partial charge >= 0.3 is 0 Å². The second kappa shape index (κ2) is 3.26. The third-order valence-corrected chi connectivity index (χ3v) is 2.17. The van der Waals surface area contributed by atoms with Crippen molar-refractivity contribution >= 4 is 0 Å². The number of ether oxygens (including phenoxy) is 2. The van der Waals surface area contributed by atoms with Crippen LogP contribution in [0.1, 0.15) is 25.0 Å². The molecule has 3 nitrogen and oxygen atoms in total. The first-order chi connectivity index (χ1) is 6.33. The van der Waals surface area contributed by atoms with E-state index in [2.05, 4.69) is 0 Å². The molecule has 0 amide bonds. The van der Waals surface area contributed by atoms with Gasteiger partial charge in [-0.15, -0.1) is 0 Å². The molecule has 3 heteroatoms. The Morgan fingerprint density at radius 3 is 3.08 bits per heavy atom. The summed E-state index contributed by atoms with van der Waals surface area (Å²) in [7, 11) is 0. The van der Waals surface area contributed by atoms with Crippen molar-refractivity contribution in [1.29, 1.82) is 0 Å². The lowest BCUT2D eigenvalue weighted by Crippen LogP contribution is -1.98. The molecule has 0 aliphatic carbocycles. The quantitative estimate of drug-likeness (QED) is 0.755. The maximum atomic E-state index is 9.66. The Hall–Kier alpha value is -1.22. The number of para-hydroxylation sites is 1. The number of hydrogen-bond donors (Lipinski definition) is 1. The van der Waals surface area contributed by atoms with Gasteiger partial charge in [0.05, 0.1) is 6.10 Å². The van der Waals surface area contributed by atoms with Crippen molar-refractivity contribution in [2.45, 2.75) is 19.4 Å². The molecule has 2 rings (SSSR count). The van der Waals surface area contributed by atoms with Crippen LogP contribution >= 0.6 is 0 Å². The first-order valence-electron chi connectivity index (χ1n) is 4.39. The molecule has 1 aliphatic heterocycles. The highest BCUT2D eigenvalue weighted by Gasteiger charge is 2.20. The van der Waals surface area contributed by atoms with Gasteiger partial charge in [-0.3, -0.25) is 0 Å². The van der Waals surface area contributed by atoms with Crippen molar-refractivity contribution in [3.05, 3.63) is 23.8 Å². The lowest BCUT2D eigenvalue weighted by Gasteiger charge is -2.10. The van der Waals surface area contributed by atoms with Crippen molar-refractivity contribution in [3.8, 4) is 11.5 Å². The smallest absolute Gasteiger partial charge is 0.231 e. The molecule has 0 radical (unpaired) electrons. The second-order valence-corrected chi connectivity index (χ2v) is 3.01. The van der Waals surface area contributed by atoms with Crippen LogP contribution < -0.4 is 9.47 Å². The van der Waals surface area contributed by atoms with Crippen molar-refractivity contribution < 1.29 is 14.6 Å². The normalized spacial score (nSPS) is 15.8. The van der Waals surface area contributed by atoms with Crippen molar-refractivity contribution in [1.82, 2.24) is 0 Å². The highest BCUT2D eigenvalue weighted by Crippen LogP contribution is 2.38. The molecular formula is C10H12O3. The number of aliphatic hydroxyl groups is 1. The fraction of sp³-hybridized carbons (Fsp3) is 0.400. The van der Waals surface area contributed by atoms with E-state index in [0.29, 0.717) is 12.2 Å². The van der Waals surface area contributed by atoms with Crippen LogP contribution in [0.5, 0.6) is 11.5 Å². The molecule has 1 atom stereocenters. The molecular weight excluding hydrogens is 168 g/mol. The molecule has 0 saturated carbocycles. The van der Waals surface area contributed by atoms with Crippen LogP contribution in [0.3, 0.4) is 0 Å². The van der Waals surface area contributed by atoms with E-state index in [1.807, 2.05) is 25.1 Å². The Balaban J connectivity index is 2.41. The molecule has 1 aromatic rings. The summed E-state index contributed by atoms with van der Waals surface area (Å²) in [6, 6.07) is 5.57. The minimum atomic E-state index is -0.461. The Labute approximate surface area is 76.9 Å². The predicted molar refractivity (Wildman–Crippen MR) is 47.8 cm³/mol. The Kier molecular flexibility index (Phi) is 2.10.